The lowest BCUT2D eigenvalue weighted by Crippen LogP contribution is -2.22. The Hall–Kier alpha value is -0.0800. The number of ether oxygens (including phenoxy) is 1. The first-order chi connectivity index (χ1) is 5.79. The molecule has 1 aliphatic rings. The summed E-state index contributed by atoms with van der Waals surface area (Å²) in [4.78, 5) is 0. The second-order valence-electron chi connectivity index (χ2n) is 3.90. The molecule has 72 valence electrons. The molecule has 1 unspecified atom stereocenters. The summed E-state index contributed by atoms with van der Waals surface area (Å²) in [7, 11) is 0. The van der Waals surface area contributed by atoms with Gasteiger partial charge >= 0.3 is 0 Å². The van der Waals surface area contributed by atoms with Crippen molar-refractivity contribution in [3.8, 4) is 0 Å². The molecule has 0 aliphatic heterocycles. The predicted octanol–water partition coefficient (Wildman–Crippen LogP) is 2.07. The molecule has 0 aromatic carbocycles. The minimum Gasteiger partial charge on any atom is -0.378 e. The molecule has 1 rings (SSSR count). The molecule has 2 N–H and O–H groups in total. The summed E-state index contributed by atoms with van der Waals surface area (Å²) in [5, 5.41) is 0. The third-order valence-corrected chi connectivity index (χ3v) is 2.48. The molecular weight excluding hydrogens is 150 g/mol. The van der Waals surface area contributed by atoms with E-state index in [9.17, 15) is 0 Å². The van der Waals surface area contributed by atoms with Gasteiger partial charge in [0.25, 0.3) is 0 Å². The van der Waals surface area contributed by atoms with Gasteiger partial charge in [-0.1, -0.05) is 19.3 Å². The number of hydrogen-bond acceptors (Lipinski definition) is 2. The fraction of sp³-hybridized carbons (Fsp3) is 1.00. The molecule has 0 heterocycles. The van der Waals surface area contributed by atoms with Crippen molar-refractivity contribution in [3.63, 3.8) is 0 Å². The van der Waals surface area contributed by atoms with E-state index in [1.807, 2.05) is 6.92 Å². The van der Waals surface area contributed by atoms with Crippen LogP contribution in [0.4, 0.5) is 0 Å². The maximum absolute atomic E-state index is 5.71. The number of rotatable bonds is 4. The molecule has 0 aromatic rings. The fourth-order valence-corrected chi connectivity index (χ4v) is 1.65. The van der Waals surface area contributed by atoms with E-state index < -0.39 is 0 Å². The highest BCUT2D eigenvalue weighted by Gasteiger charge is 2.13. The van der Waals surface area contributed by atoms with Gasteiger partial charge in [-0.25, -0.2) is 0 Å². The molecule has 0 amide bonds. The van der Waals surface area contributed by atoms with E-state index in [0.29, 0.717) is 6.10 Å². The van der Waals surface area contributed by atoms with Crippen molar-refractivity contribution < 1.29 is 4.74 Å². The number of hydrogen-bond donors (Lipinski definition) is 1. The SMILES string of the molecule is CC(N)CCOC1CCCCC1. The van der Waals surface area contributed by atoms with Gasteiger partial charge in [0.15, 0.2) is 0 Å². The van der Waals surface area contributed by atoms with Crippen LogP contribution in [-0.2, 0) is 4.74 Å². The summed E-state index contributed by atoms with van der Waals surface area (Å²) in [5.74, 6) is 0. The second kappa shape index (κ2) is 5.55. The van der Waals surface area contributed by atoms with E-state index in [-0.39, 0.29) is 6.04 Å². The van der Waals surface area contributed by atoms with Crippen molar-refractivity contribution in [1.82, 2.24) is 0 Å². The van der Waals surface area contributed by atoms with Crippen LogP contribution in [0, 0.1) is 0 Å². The van der Waals surface area contributed by atoms with Crippen LogP contribution in [-0.4, -0.2) is 18.8 Å². The molecule has 0 radical (unpaired) electrons. The van der Waals surface area contributed by atoms with Crippen molar-refractivity contribution in [2.75, 3.05) is 6.61 Å². The van der Waals surface area contributed by atoms with Gasteiger partial charge in [0, 0.05) is 12.6 Å². The summed E-state index contributed by atoms with van der Waals surface area (Å²) in [5.41, 5.74) is 5.63. The lowest BCUT2D eigenvalue weighted by molar-refractivity contribution is 0.0254. The second-order valence-corrected chi connectivity index (χ2v) is 3.90. The van der Waals surface area contributed by atoms with Crippen LogP contribution in [0.5, 0.6) is 0 Å². The van der Waals surface area contributed by atoms with E-state index in [0.717, 1.165) is 13.0 Å². The highest BCUT2D eigenvalue weighted by molar-refractivity contribution is 4.65. The normalized spacial score (nSPS) is 22.5. The third kappa shape index (κ3) is 4.07. The molecule has 1 atom stereocenters. The molecule has 1 aliphatic carbocycles. The highest BCUT2D eigenvalue weighted by Crippen LogP contribution is 2.20. The van der Waals surface area contributed by atoms with Gasteiger partial charge in [-0.3, -0.25) is 0 Å². The van der Waals surface area contributed by atoms with Gasteiger partial charge in [0.1, 0.15) is 0 Å². The summed E-state index contributed by atoms with van der Waals surface area (Å²) in [6, 6.07) is 0.286. The fourth-order valence-electron chi connectivity index (χ4n) is 1.65. The summed E-state index contributed by atoms with van der Waals surface area (Å²) in [6.07, 6.45) is 8.16. The standard InChI is InChI=1S/C10H21NO/c1-9(11)7-8-12-10-5-3-2-4-6-10/h9-10H,2-8,11H2,1H3. The molecule has 0 bridgehead atoms. The van der Waals surface area contributed by atoms with Crippen LogP contribution in [0.3, 0.4) is 0 Å². The topological polar surface area (TPSA) is 35.2 Å². The Morgan fingerprint density at radius 1 is 1.33 bits per heavy atom. The lowest BCUT2D eigenvalue weighted by atomic mass is 9.98. The van der Waals surface area contributed by atoms with Crippen LogP contribution < -0.4 is 5.73 Å². The molecule has 0 spiro atoms. The van der Waals surface area contributed by atoms with E-state index in [2.05, 4.69) is 0 Å². The van der Waals surface area contributed by atoms with Gasteiger partial charge in [0.2, 0.25) is 0 Å². The van der Waals surface area contributed by atoms with E-state index >= 15 is 0 Å². The monoisotopic (exact) mass is 171 g/mol. The van der Waals surface area contributed by atoms with E-state index in [4.69, 9.17) is 10.5 Å². The average molecular weight is 171 g/mol. The maximum Gasteiger partial charge on any atom is 0.0575 e. The van der Waals surface area contributed by atoms with Crippen molar-refractivity contribution in [2.45, 2.75) is 57.6 Å². The van der Waals surface area contributed by atoms with Crippen LogP contribution in [0.15, 0.2) is 0 Å². The van der Waals surface area contributed by atoms with Crippen LogP contribution in [0.25, 0.3) is 0 Å². The molecule has 1 fully saturated rings. The van der Waals surface area contributed by atoms with Crippen LogP contribution >= 0.6 is 0 Å². The largest absolute Gasteiger partial charge is 0.378 e. The van der Waals surface area contributed by atoms with Crippen molar-refractivity contribution >= 4 is 0 Å². The minimum atomic E-state index is 0.286. The lowest BCUT2D eigenvalue weighted by Gasteiger charge is -2.22. The van der Waals surface area contributed by atoms with Gasteiger partial charge in [-0.15, -0.1) is 0 Å². The summed E-state index contributed by atoms with van der Waals surface area (Å²) >= 11 is 0. The van der Waals surface area contributed by atoms with Crippen LogP contribution in [0.1, 0.15) is 45.4 Å². The molecule has 0 saturated heterocycles. The van der Waals surface area contributed by atoms with Gasteiger partial charge in [-0.2, -0.15) is 0 Å². The van der Waals surface area contributed by atoms with E-state index in [1.165, 1.54) is 32.1 Å². The Morgan fingerprint density at radius 3 is 2.58 bits per heavy atom. The average Bonchev–Trinajstić information content (AvgIpc) is 2.05. The minimum absolute atomic E-state index is 0.286. The zero-order valence-electron chi connectivity index (χ0n) is 8.09. The maximum atomic E-state index is 5.71. The molecule has 1 saturated carbocycles. The third-order valence-electron chi connectivity index (χ3n) is 2.48. The van der Waals surface area contributed by atoms with Gasteiger partial charge in [-0.05, 0) is 26.2 Å². The first-order valence-corrected chi connectivity index (χ1v) is 5.16. The van der Waals surface area contributed by atoms with Gasteiger partial charge < -0.3 is 10.5 Å². The molecular formula is C10H21NO. The first-order valence-electron chi connectivity index (χ1n) is 5.16. The smallest absolute Gasteiger partial charge is 0.0575 e. The van der Waals surface area contributed by atoms with Crippen molar-refractivity contribution in [3.05, 3.63) is 0 Å². The van der Waals surface area contributed by atoms with Crippen molar-refractivity contribution in [2.24, 2.45) is 5.73 Å². The van der Waals surface area contributed by atoms with Crippen molar-refractivity contribution in [1.29, 1.82) is 0 Å². The Labute approximate surface area is 75.5 Å². The molecule has 0 aromatic heterocycles. The summed E-state index contributed by atoms with van der Waals surface area (Å²) < 4.78 is 5.71. The molecule has 2 heteroatoms. The van der Waals surface area contributed by atoms with E-state index in [1.54, 1.807) is 0 Å². The Balaban J connectivity index is 1.98. The zero-order valence-corrected chi connectivity index (χ0v) is 8.09. The first kappa shape index (κ1) is 10.0. The zero-order chi connectivity index (χ0) is 8.81. The van der Waals surface area contributed by atoms with Gasteiger partial charge in [0.05, 0.1) is 6.10 Å². The Bertz CT molecular complexity index is 108. The quantitative estimate of drug-likeness (QED) is 0.702. The molecule has 12 heavy (non-hydrogen) atoms. The van der Waals surface area contributed by atoms with Crippen LogP contribution in [0.2, 0.25) is 0 Å². The number of nitrogens with two attached hydrogens (primary N) is 1. The summed E-state index contributed by atoms with van der Waals surface area (Å²) in [6.45, 7) is 2.88. The Morgan fingerprint density at radius 2 is 2.00 bits per heavy atom. The molecule has 2 nitrogen and oxygen atoms in total. The predicted molar refractivity (Wildman–Crippen MR) is 51.1 cm³/mol. The highest BCUT2D eigenvalue weighted by atomic mass is 16.5. The Kier molecular flexibility index (Phi) is 4.62.